The summed E-state index contributed by atoms with van der Waals surface area (Å²) >= 11 is 0. The van der Waals surface area contributed by atoms with Crippen molar-refractivity contribution in [1.82, 2.24) is 14.7 Å². The first-order valence-electron chi connectivity index (χ1n) is 10.2. The Labute approximate surface area is 194 Å². The summed E-state index contributed by atoms with van der Waals surface area (Å²) in [7, 11) is 0. The number of benzene rings is 2. The Balaban J connectivity index is 1.38. The van der Waals surface area contributed by atoms with Gasteiger partial charge in [0.15, 0.2) is 11.5 Å². The number of amides is 2. The van der Waals surface area contributed by atoms with Crippen LogP contribution in [0, 0.1) is 0 Å². The van der Waals surface area contributed by atoms with Crippen molar-refractivity contribution in [3.63, 3.8) is 0 Å². The molecular weight excluding hydrogens is 475 g/mol. The molecule has 2 aromatic heterocycles. The van der Waals surface area contributed by atoms with Crippen LogP contribution in [0.25, 0.3) is 28.0 Å². The molecule has 0 aliphatic carbocycles. The first-order valence-corrected chi connectivity index (χ1v) is 10.2. The van der Waals surface area contributed by atoms with Crippen molar-refractivity contribution < 1.29 is 36.2 Å². The van der Waals surface area contributed by atoms with Crippen LogP contribution in [0.2, 0.25) is 0 Å². The van der Waals surface area contributed by atoms with Crippen LogP contribution in [-0.4, -0.2) is 34.4 Å². The summed E-state index contributed by atoms with van der Waals surface area (Å²) in [5.41, 5.74) is 3.49. The standard InChI is InChI=1S/C23H15F5N4O3/c24-22(25,26)12-30-21(33)31-16-3-1-2-15(8-16)17-11-29-20-10-14(6-7-32(17)20)13-4-5-18-19(9-13)35-23(27,28)34-18/h1-11H,12H2,(H2,30,31,33). The van der Waals surface area contributed by atoms with Crippen LogP contribution in [0.3, 0.4) is 0 Å². The first-order chi connectivity index (χ1) is 16.6. The zero-order valence-electron chi connectivity index (χ0n) is 17.6. The molecule has 2 aromatic carbocycles. The number of pyridine rings is 1. The molecule has 0 spiro atoms. The van der Waals surface area contributed by atoms with Gasteiger partial charge in [0.25, 0.3) is 0 Å². The zero-order chi connectivity index (χ0) is 24.8. The second kappa shape index (κ2) is 8.15. The molecule has 4 aromatic rings. The molecule has 3 heterocycles. The van der Waals surface area contributed by atoms with Gasteiger partial charge in [-0.05, 0) is 47.5 Å². The topological polar surface area (TPSA) is 76.9 Å². The van der Waals surface area contributed by atoms with Crippen LogP contribution >= 0.6 is 0 Å². The molecule has 0 saturated heterocycles. The molecule has 5 rings (SSSR count). The second-order valence-corrected chi connectivity index (χ2v) is 7.62. The highest BCUT2D eigenvalue weighted by Crippen LogP contribution is 2.43. The van der Waals surface area contributed by atoms with Gasteiger partial charge in [0.1, 0.15) is 12.2 Å². The fourth-order valence-electron chi connectivity index (χ4n) is 3.61. The van der Waals surface area contributed by atoms with Gasteiger partial charge in [0.2, 0.25) is 0 Å². The van der Waals surface area contributed by atoms with E-state index in [-0.39, 0.29) is 11.5 Å². The van der Waals surface area contributed by atoms with Gasteiger partial charge in [-0.1, -0.05) is 18.2 Å². The van der Waals surface area contributed by atoms with Gasteiger partial charge in [-0.2, -0.15) is 13.2 Å². The third-order valence-corrected chi connectivity index (χ3v) is 5.11. The lowest BCUT2D eigenvalue weighted by atomic mass is 10.1. The number of urea groups is 1. The van der Waals surface area contributed by atoms with Crippen molar-refractivity contribution >= 4 is 17.4 Å². The molecule has 35 heavy (non-hydrogen) atoms. The summed E-state index contributed by atoms with van der Waals surface area (Å²) < 4.78 is 74.1. The molecule has 0 radical (unpaired) electrons. The summed E-state index contributed by atoms with van der Waals surface area (Å²) in [6, 6.07) is 13.6. The van der Waals surface area contributed by atoms with Gasteiger partial charge in [0, 0.05) is 17.4 Å². The number of hydrogen-bond acceptors (Lipinski definition) is 4. The highest BCUT2D eigenvalue weighted by molar-refractivity contribution is 5.90. The summed E-state index contributed by atoms with van der Waals surface area (Å²) in [6.07, 6.45) is -4.88. The van der Waals surface area contributed by atoms with Gasteiger partial charge in [-0.25, -0.2) is 9.78 Å². The number of carbonyl (C=O) groups excluding carboxylic acids is 1. The molecule has 0 bridgehead atoms. The van der Waals surface area contributed by atoms with Crippen molar-refractivity contribution in [1.29, 1.82) is 0 Å². The zero-order valence-corrected chi connectivity index (χ0v) is 17.6. The monoisotopic (exact) mass is 490 g/mol. The number of nitrogens with one attached hydrogen (secondary N) is 2. The van der Waals surface area contributed by atoms with Gasteiger partial charge < -0.3 is 20.1 Å². The van der Waals surface area contributed by atoms with Crippen molar-refractivity contribution in [2.75, 3.05) is 11.9 Å². The Kier molecular flexibility index (Phi) is 5.23. The number of carbonyl (C=O) groups is 1. The summed E-state index contributed by atoms with van der Waals surface area (Å²) in [4.78, 5) is 16.1. The number of aromatic nitrogens is 2. The lowest BCUT2D eigenvalue weighted by Gasteiger charge is -2.11. The smallest absolute Gasteiger partial charge is 0.395 e. The minimum Gasteiger partial charge on any atom is -0.395 e. The molecule has 1 aliphatic rings. The van der Waals surface area contributed by atoms with E-state index >= 15 is 0 Å². The van der Waals surface area contributed by atoms with Crippen LogP contribution in [0.15, 0.2) is 67.0 Å². The van der Waals surface area contributed by atoms with E-state index in [1.165, 1.54) is 12.1 Å². The number of imidazole rings is 1. The summed E-state index contributed by atoms with van der Waals surface area (Å²) in [6.45, 7) is -1.44. The molecule has 2 amide bonds. The van der Waals surface area contributed by atoms with E-state index in [1.54, 1.807) is 64.6 Å². The molecule has 0 atom stereocenters. The quantitative estimate of drug-likeness (QED) is 0.361. The first kappa shape index (κ1) is 22.4. The SMILES string of the molecule is O=C(NCC(F)(F)F)Nc1cccc(-c2cnc3cc(-c4ccc5c(c4)OC(F)(F)O5)ccn23)c1. The molecule has 7 nitrogen and oxygen atoms in total. The lowest BCUT2D eigenvalue weighted by molar-refractivity contribution is -0.286. The van der Waals surface area contributed by atoms with Crippen LogP contribution in [0.5, 0.6) is 11.5 Å². The Morgan fingerprint density at radius 1 is 0.971 bits per heavy atom. The normalized spacial score (nSPS) is 14.2. The second-order valence-electron chi connectivity index (χ2n) is 7.62. The van der Waals surface area contributed by atoms with Crippen LogP contribution in [-0.2, 0) is 0 Å². The minimum atomic E-state index is -4.51. The third kappa shape index (κ3) is 4.81. The maximum atomic E-state index is 13.3. The van der Waals surface area contributed by atoms with Gasteiger partial charge in [-0.15, -0.1) is 8.78 Å². The third-order valence-electron chi connectivity index (χ3n) is 5.11. The van der Waals surface area contributed by atoms with E-state index in [0.29, 0.717) is 33.7 Å². The largest absolute Gasteiger partial charge is 0.586 e. The predicted molar refractivity (Wildman–Crippen MR) is 115 cm³/mol. The fourth-order valence-corrected chi connectivity index (χ4v) is 3.61. The van der Waals surface area contributed by atoms with Crippen molar-refractivity contribution in [2.24, 2.45) is 0 Å². The van der Waals surface area contributed by atoms with E-state index in [2.05, 4.69) is 19.8 Å². The number of ether oxygens (including phenoxy) is 2. The van der Waals surface area contributed by atoms with Crippen molar-refractivity contribution in [2.45, 2.75) is 12.5 Å². The van der Waals surface area contributed by atoms with E-state index in [9.17, 15) is 26.7 Å². The number of nitrogens with zero attached hydrogens (tertiary/aromatic N) is 2. The van der Waals surface area contributed by atoms with E-state index in [4.69, 9.17) is 0 Å². The molecule has 12 heteroatoms. The Morgan fingerprint density at radius 2 is 1.74 bits per heavy atom. The number of hydrogen-bond donors (Lipinski definition) is 2. The van der Waals surface area contributed by atoms with E-state index in [1.807, 2.05) is 0 Å². The number of alkyl halides is 5. The minimum absolute atomic E-state index is 0.0523. The number of halogens is 5. The Bertz CT molecular complexity index is 1430. The Morgan fingerprint density at radius 3 is 2.54 bits per heavy atom. The Hall–Kier alpha value is -4.35. The number of anilines is 1. The van der Waals surface area contributed by atoms with Crippen LogP contribution in [0.4, 0.5) is 32.4 Å². The van der Waals surface area contributed by atoms with Crippen LogP contribution in [0.1, 0.15) is 0 Å². The number of rotatable bonds is 4. The van der Waals surface area contributed by atoms with Crippen molar-refractivity contribution in [3.8, 4) is 33.9 Å². The van der Waals surface area contributed by atoms with Crippen molar-refractivity contribution in [3.05, 3.63) is 67.0 Å². The van der Waals surface area contributed by atoms with Gasteiger partial charge >= 0.3 is 18.5 Å². The maximum absolute atomic E-state index is 13.3. The highest BCUT2D eigenvalue weighted by Gasteiger charge is 2.43. The summed E-state index contributed by atoms with van der Waals surface area (Å²) in [5.74, 6) is -0.122. The molecule has 180 valence electrons. The van der Waals surface area contributed by atoms with Crippen LogP contribution < -0.4 is 20.1 Å². The van der Waals surface area contributed by atoms with Gasteiger partial charge in [-0.3, -0.25) is 4.40 Å². The van der Waals surface area contributed by atoms with E-state index in [0.717, 1.165) is 0 Å². The molecule has 0 saturated carbocycles. The lowest BCUT2D eigenvalue weighted by Crippen LogP contribution is -2.36. The maximum Gasteiger partial charge on any atom is 0.586 e. The average molecular weight is 490 g/mol. The van der Waals surface area contributed by atoms with E-state index < -0.39 is 25.0 Å². The number of fused-ring (bicyclic) bond motifs is 2. The molecular formula is C23H15F5N4O3. The predicted octanol–water partition coefficient (Wildman–Crippen LogP) is 5.67. The highest BCUT2D eigenvalue weighted by atomic mass is 19.4. The molecule has 0 fully saturated rings. The summed E-state index contributed by atoms with van der Waals surface area (Å²) in [5, 5.41) is 4.11. The van der Waals surface area contributed by atoms with Gasteiger partial charge in [0.05, 0.1) is 11.9 Å². The molecule has 0 unspecified atom stereocenters. The molecule has 1 aliphatic heterocycles. The average Bonchev–Trinajstić information content (AvgIpc) is 3.35. The molecule has 2 N–H and O–H groups in total. The fraction of sp³-hybridized carbons (Fsp3) is 0.130.